The number of rotatable bonds is 4. The largest absolute Gasteiger partial charge is 0.496 e. The highest BCUT2D eigenvalue weighted by atomic mass is 79.9. The number of Topliss-reactive ketones (excluding diaryl/α,β-unsaturated/α-hetero) is 1. The summed E-state index contributed by atoms with van der Waals surface area (Å²) < 4.78 is 17.3. The summed E-state index contributed by atoms with van der Waals surface area (Å²) in [6.45, 7) is 0. The maximum absolute atomic E-state index is 12.7. The Hall–Kier alpha value is -3.38. The molecule has 0 saturated heterocycles. The van der Waals surface area contributed by atoms with E-state index in [9.17, 15) is 9.59 Å². The van der Waals surface area contributed by atoms with Crippen LogP contribution in [-0.2, 0) is 0 Å². The molecule has 1 aliphatic heterocycles. The fourth-order valence-electron chi connectivity index (χ4n) is 2.93. The van der Waals surface area contributed by atoms with Gasteiger partial charge in [0.25, 0.3) is 0 Å². The van der Waals surface area contributed by atoms with E-state index >= 15 is 0 Å². The second-order valence-corrected chi connectivity index (χ2v) is 7.16. The Morgan fingerprint density at radius 2 is 1.83 bits per heavy atom. The standard InChI is InChI=1S/C23H15BrO5/c1-27-19-10-7-16(24)11-15(19)12-21-22(25)18-9-8-17(13-20(18)29-21)28-23(26)14-5-3-2-4-6-14/h2-13H,1H3. The van der Waals surface area contributed by atoms with Crippen LogP contribution in [0.3, 0.4) is 0 Å². The van der Waals surface area contributed by atoms with Crippen LogP contribution in [0.15, 0.2) is 77.0 Å². The topological polar surface area (TPSA) is 61.8 Å². The summed E-state index contributed by atoms with van der Waals surface area (Å²) >= 11 is 3.41. The van der Waals surface area contributed by atoms with Crippen molar-refractivity contribution >= 4 is 33.8 Å². The zero-order chi connectivity index (χ0) is 20.4. The Balaban J connectivity index is 1.59. The van der Waals surface area contributed by atoms with E-state index in [2.05, 4.69) is 15.9 Å². The van der Waals surface area contributed by atoms with Gasteiger partial charge >= 0.3 is 5.97 Å². The number of allylic oxidation sites excluding steroid dienone is 1. The molecule has 29 heavy (non-hydrogen) atoms. The van der Waals surface area contributed by atoms with Crippen LogP contribution in [0.25, 0.3) is 6.08 Å². The Morgan fingerprint density at radius 3 is 2.59 bits per heavy atom. The minimum Gasteiger partial charge on any atom is -0.496 e. The number of halogens is 1. The lowest BCUT2D eigenvalue weighted by atomic mass is 10.1. The lowest BCUT2D eigenvalue weighted by molar-refractivity contribution is 0.0734. The average Bonchev–Trinajstić information content (AvgIpc) is 3.03. The molecule has 0 bridgehead atoms. The first-order valence-electron chi connectivity index (χ1n) is 8.74. The van der Waals surface area contributed by atoms with Gasteiger partial charge in [0, 0.05) is 16.1 Å². The van der Waals surface area contributed by atoms with Crippen molar-refractivity contribution in [3.63, 3.8) is 0 Å². The molecular formula is C23H15BrO5. The fourth-order valence-corrected chi connectivity index (χ4v) is 3.31. The maximum atomic E-state index is 12.7. The molecule has 0 spiro atoms. The summed E-state index contributed by atoms with van der Waals surface area (Å²) in [5.74, 6) is 0.696. The van der Waals surface area contributed by atoms with E-state index in [0.29, 0.717) is 33.9 Å². The third-order valence-corrected chi connectivity index (χ3v) is 4.83. The first-order valence-corrected chi connectivity index (χ1v) is 9.53. The monoisotopic (exact) mass is 450 g/mol. The third-order valence-electron chi connectivity index (χ3n) is 4.34. The highest BCUT2D eigenvalue weighted by Crippen LogP contribution is 2.36. The van der Waals surface area contributed by atoms with E-state index in [1.54, 1.807) is 55.7 Å². The summed E-state index contributed by atoms with van der Waals surface area (Å²) in [5, 5.41) is 0. The molecule has 144 valence electrons. The zero-order valence-electron chi connectivity index (χ0n) is 15.3. The van der Waals surface area contributed by atoms with E-state index < -0.39 is 5.97 Å². The van der Waals surface area contributed by atoms with Crippen molar-refractivity contribution in [2.75, 3.05) is 7.11 Å². The first kappa shape index (κ1) is 19.0. The second kappa shape index (κ2) is 7.93. The maximum Gasteiger partial charge on any atom is 0.343 e. The fraction of sp³-hybridized carbons (Fsp3) is 0.0435. The van der Waals surface area contributed by atoms with Crippen LogP contribution >= 0.6 is 15.9 Å². The van der Waals surface area contributed by atoms with Crippen LogP contribution in [0, 0.1) is 0 Å². The van der Waals surface area contributed by atoms with Gasteiger partial charge in [-0.05, 0) is 48.5 Å². The van der Waals surface area contributed by atoms with Crippen molar-refractivity contribution in [2.24, 2.45) is 0 Å². The molecule has 0 amide bonds. The molecular weight excluding hydrogens is 436 g/mol. The number of benzene rings is 3. The number of carbonyl (C=O) groups excluding carboxylic acids is 2. The smallest absolute Gasteiger partial charge is 0.343 e. The second-order valence-electron chi connectivity index (χ2n) is 6.24. The molecule has 0 N–H and O–H groups in total. The SMILES string of the molecule is COc1ccc(Br)cc1C=C1Oc2cc(OC(=O)c3ccccc3)ccc2C1=O. The molecule has 5 nitrogen and oxygen atoms in total. The number of hydrogen-bond donors (Lipinski definition) is 0. The molecule has 0 aliphatic carbocycles. The van der Waals surface area contributed by atoms with Crippen LogP contribution in [0.5, 0.6) is 17.2 Å². The summed E-state index contributed by atoms with van der Waals surface area (Å²) in [6.07, 6.45) is 1.63. The van der Waals surface area contributed by atoms with Gasteiger partial charge in [-0.15, -0.1) is 0 Å². The predicted octanol–water partition coefficient (Wildman–Crippen LogP) is 5.29. The quantitative estimate of drug-likeness (QED) is 0.306. The molecule has 0 unspecified atom stereocenters. The van der Waals surface area contributed by atoms with E-state index in [1.165, 1.54) is 6.07 Å². The lowest BCUT2D eigenvalue weighted by Gasteiger charge is -2.06. The van der Waals surface area contributed by atoms with Gasteiger partial charge in [0.1, 0.15) is 17.2 Å². The molecule has 0 radical (unpaired) electrons. The van der Waals surface area contributed by atoms with E-state index in [4.69, 9.17) is 14.2 Å². The Bertz CT molecular complexity index is 1140. The zero-order valence-corrected chi connectivity index (χ0v) is 16.9. The number of hydrogen-bond acceptors (Lipinski definition) is 5. The van der Waals surface area contributed by atoms with E-state index in [0.717, 1.165) is 4.47 Å². The molecule has 1 heterocycles. The number of carbonyl (C=O) groups is 2. The van der Waals surface area contributed by atoms with E-state index in [-0.39, 0.29) is 11.5 Å². The van der Waals surface area contributed by atoms with Crippen LogP contribution in [-0.4, -0.2) is 18.9 Å². The van der Waals surface area contributed by atoms with E-state index in [1.807, 2.05) is 18.2 Å². The third kappa shape index (κ3) is 3.93. The molecule has 4 rings (SSSR count). The van der Waals surface area contributed by atoms with Gasteiger partial charge in [-0.3, -0.25) is 4.79 Å². The van der Waals surface area contributed by atoms with Gasteiger partial charge < -0.3 is 14.2 Å². The molecule has 1 aliphatic rings. The molecule has 6 heteroatoms. The van der Waals surface area contributed by atoms with Crippen molar-refractivity contribution in [1.82, 2.24) is 0 Å². The summed E-state index contributed by atoms with van der Waals surface area (Å²) in [6, 6.07) is 18.8. The van der Waals surface area contributed by atoms with Crippen LogP contribution in [0.2, 0.25) is 0 Å². The number of ether oxygens (including phenoxy) is 3. The van der Waals surface area contributed by atoms with Crippen molar-refractivity contribution in [3.05, 3.63) is 93.7 Å². The molecule has 3 aromatic carbocycles. The molecule has 0 saturated carbocycles. The van der Waals surface area contributed by atoms with Crippen LogP contribution < -0.4 is 14.2 Å². The summed E-state index contributed by atoms with van der Waals surface area (Å²) in [5.41, 5.74) is 1.55. The number of methoxy groups -OCH3 is 1. The van der Waals surface area contributed by atoms with Crippen molar-refractivity contribution < 1.29 is 23.8 Å². The van der Waals surface area contributed by atoms with Crippen molar-refractivity contribution in [1.29, 1.82) is 0 Å². The van der Waals surface area contributed by atoms with Crippen molar-refractivity contribution in [2.45, 2.75) is 0 Å². The molecule has 0 fully saturated rings. The average molecular weight is 451 g/mol. The predicted molar refractivity (Wildman–Crippen MR) is 111 cm³/mol. The molecule has 3 aromatic rings. The van der Waals surface area contributed by atoms with Crippen molar-refractivity contribution in [3.8, 4) is 17.2 Å². The summed E-state index contributed by atoms with van der Waals surface area (Å²) in [7, 11) is 1.56. The van der Waals surface area contributed by atoms with Gasteiger partial charge in [0.15, 0.2) is 5.76 Å². The molecule has 0 aromatic heterocycles. The highest BCUT2D eigenvalue weighted by molar-refractivity contribution is 9.10. The van der Waals surface area contributed by atoms with Gasteiger partial charge in [0.05, 0.1) is 18.2 Å². The lowest BCUT2D eigenvalue weighted by Crippen LogP contribution is -2.08. The van der Waals surface area contributed by atoms with Gasteiger partial charge in [0.2, 0.25) is 5.78 Å². The highest BCUT2D eigenvalue weighted by Gasteiger charge is 2.28. The summed E-state index contributed by atoms with van der Waals surface area (Å²) in [4.78, 5) is 24.9. The van der Waals surface area contributed by atoms with Gasteiger partial charge in [-0.25, -0.2) is 4.79 Å². The Kier molecular flexibility index (Phi) is 5.18. The number of ketones is 1. The minimum absolute atomic E-state index is 0.169. The first-order chi connectivity index (χ1) is 14.0. The Morgan fingerprint density at radius 1 is 1.03 bits per heavy atom. The van der Waals surface area contributed by atoms with Crippen LogP contribution in [0.4, 0.5) is 0 Å². The molecule has 0 atom stereocenters. The minimum atomic E-state index is -0.482. The Labute approximate surface area is 175 Å². The normalized spacial score (nSPS) is 13.7. The number of esters is 1. The van der Waals surface area contributed by atoms with Gasteiger partial charge in [-0.1, -0.05) is 34.1 Å². The van der Waals surface area contributed by atoms with Crippen LogP contribution in [0.1, 0.15) is 26.3 Å². The van der Waals surface area contributed by atoms with Gasteiger partial charge in [-0.2, -0.15) is 0 Å². The number of fused-ring (bicyclic) bond motifs is 1.